The zero-order valence-electron chi connectivity index (χ0n) is 9.94. The topological polar surface area (TPSA) is 86.7 Å². The number of cyclic esters (lactones) is 2. The molecule has 0 aromatic heterocycles. The summed E-state index contributed by atoms with van der Waals surface area (Å²) in [5.41, 5.74) is -2.76. The van der Waals surface area contributed by atoms with Crippen LogP contribution in [0.5, 0.6) is 0 Å². The fourth-order valence-electron chi connectivity index (χ4n) is 1.96. The Morgan fingerprint density at radius 1 is 1.59 bits per heavy atom. The van der Waals surface area contributed by atoms with Gasteiger partial charge in [0.25, 0.3) is 0 Å². The summed E-state index contributed by atoms with van der Waals surface area (Å²) in [6.45, 7) is 2.85. The van der Waals surface area contributed by atoms with Gasteiger partial charge in [-0.05, 0) is 13.8 Å². The van der Waals surface area contributed by atoms with Gasteiger partial charge in [0.2, 0.25) is 0 Å². The van der Waals surface area contributed by atoms with Crippen molar-refractivity contribution in [3.05, 3.63) is 0 Å². The first kappa shape index (κ1) is 13.3. The van der Waals surface area contributed by atoms with Crippen molar-refractivity contribution in [2.75, 3.05) is 7.11 Å². The lowest BCUT2D eigenvalue weighted by Crippen LogP contribution is -2.47. The predicted molar refractivity (Wildman–Crippen MR) is 54.6 cm³/mol. The second-order valence-corrected chi connectivity index (χ2v) is 4.46. The highest BCUT2D eigenvalue weighted by molar-refractivity contribution is 6.01. The van der Waals surface area contributed by atoms with Crippen molar-refractivity contribution in [2.24, 2.45) is 10.8 Å². The standard InChI is InChI=1S/C11H14O6/c1-10(4-5-12,8(14)16-3)11(2)6-7(13)17-9(11)15/h5H,4,6H2,1-3H3. The number of hydrogen-bond acceptors (Lipinski definition) is 6. The summed E-state index contributed by atoms with van der Waals surface area (Å²) < 4.78 is 9.07. The van der Waals surface area contributed by atoms with Crippen molar-refractivity contribution in [1.29, 1.82) is 0 Å². The molecule has 1 aliphatic rings. The second-order valence-electron chi connectivity index (χ2n) is 4.46. The third kappa shape index (κ3) is 1.83. The number of rotatable bonds is 4. The molecular formula is C11H14O6. The fourth-order valence-corrected chi connectivity index (χ4v) is 1.96. The van der Waals surface area contributed by atoms with Crippen molar-refractivity contribution < 1.29 is 28.7 Å². The number of ether oxygens (including phenoxy) is 2. The molecule has 0 saturated carbocycles. The average Bonchev–Trinajstić information content (AvgIpc) is 2.53. The minimum atomic E-state index is -1.40. The maximum atomic E-state index is 11.8. The first-order chi connectivity index (χ1) is 7.81. The first-order valence-corrected chi connectivity index (χ1v) is 5.09. The van der Waals surface area contributed by atoms with E-state index in [-0.39, 0.29) is 12.8 Å². The largest absolute Gasteiger partial charge is 0.469 e. The molecule has 94 valence electrons. The van der Waals surface area contributed by atoms with Crippen LogP contribution in [0, 0.1) is 10.8 Å². The van der Waals surface area contributed by atoms with Crippen LogP contribution in [-0.2, 0) is 28.7 Å². The van der Waals surface area contributed by atoms with E-state index in [4.69, 9.17) is 0 Å². The highest BCUT2D eigenvalue weighted by Gasteiger charge is 2.61. The maximum absolute atomic E-state index is 11.8. The van der Waals surface area contributed by atoms with E-state index in [0.717, 1.165) is 7.11 Å². The Hall–Kier alpha value is -1.72. The van der Waals surface area contributed by atoms with Crippen LogP contribution in [0.25, 0.3) is 0 Å². The molecular weight excluding hydrogens is 228 g/mol. The summed E-state index contributed by atoms with van der Waals surface area (Å²) in [6, 6.07) is 0. The van der Waals surface area contributed by atoms with E-state index in [2.05, 4.69) is 9.47 Å². The van der Waals surface area contributed by atoms with Crippen LogP contribution in [0.1, 0.15) is 26.7 Å². The van der Waals surface area contributed by atoms with E-state index >= 15 is 0 Å². The van der Waals surface area contributed by atoms with Crippen LogP contribution in [-0.4, -0.2) is 31.3 Å². The van der Waals surface area contributed by atoms with E-state index in [1.807, 2.05) is 0 Å². The van der Waals surface area contributed by atoms with Crippen LogP contribution in [0.4, 0.5) is 0 Å². The van der Waals surface area contributed by atoms with Gasteiger partial charge in [0.15, 0.2) is 0 Å². The molecule has 1 heterocycles. The zero-order valence-corrected chi connectivity index (χ0v) is 9.94. The molecule has 0 aromatic carbocycles. The van der Waals surface area contributed by atoms with Crippen molar-refractivity contribution in [1.82, 2.24) is 0 Å². The molecule has 0 aliphatic carbocycles. The Bertz CT molecular complexity index is 387. The molecule has 17 heavy (non-hydrogen) atoms. The fraction of sp³-hybridized carbons (Fsp3) is 0.636. The van der Waals surface area contributed by atoms with E-state index in [1.54, 1.807) is 0 Å². The predicted octanol–water partition coefficient (Wildman–Crippen LogP) is 0.234. The van der Waals surface area contributed by atoms with Crippen LogP contribution < -0.4 is 0 Å². The van der Waals surface area contributed by atoms with Gasteiger partial charge in [0.05, 0.1) is 24.4 Å². The SMILES string of the molecule is COC(=O)C(C)(CC=O)C1(C)CC(=O)OC1=O. The summed E-state index contributed by atoms with van der Waals surface area (Å²) in [7, 11) is 1.16. The number of carbonyl (C=O) groups is 4. The van der Waals surface area contributed by atoms with Gasteiger partial charge in [-0.3, -0.25) is 14.4 Å². The Labute approximate surface area is 98.3 Å². The van der Waals surface area contributed by atoms with Gasteiger partial charge in [-0.2, -0.15) is 0 Å². The normalized spacial score (nSPS) is 27.2. The van der Waals surface area contributed by atoms with Crippen LogP contribution in [0.3, 0.4) is 0 Å². The van der Waals surface area contributed by atoms with Gasteiger partial charge in [-0.25, -0.2) is 0 Å². The highest BCUT2D eigenvalue weighted by atomic mass is 16.6. The third-order valence-electron chi connectivity index (χ3n) is 3.50. The lowest BCUT2D eigenvalue weighted by molar-refractivity contribution is -0.170. The van der Waals surface area contributed by atoms with Gasteiger partial charge in [-0.15, -0.1) is 0 Å². The first-order valence-electron chi connectivity index (χ1n) is 5.09. The van der Waals surface area contributed by atoms with E-state index in [1.165, 1.54) is 13.8 Å². The molecule has 0 amide bonds. The van der Waals surface area contributed by atoms with E-state index in [0.29, 0.717) is 6.29 Å². The molecule has 0 spiro atoms. The Balaban J connectivity index is 3.23. The van der Waals surface area contributed by atoms with Crippen molar-refractivity contribution in [3.8, 4) is 0 Å². The van der Waals surface area contributed by atoms with E-state index < -0.39 is 28.7 Å². The minimum absolute atomic E-state index is 0.210. The van der Waals surface area contributed by atoms with Crippen LogP contribution in [0.2, 0.25) is 0 Å². The summed E-state index contributed by atoms with van der Waals surface area (Å²) in [4.78, 5) is 45.3. The van der Waals surface area contributed by atoms with Gasteiger partial charge in [0, 0.05) is 6.42 Å². The summed E-state index contributed by atoms with van der Waals surface area (Å²) in [6.07, 6.45) is 0.0854. The summed E-state index contributed by atoms with van der Waals surface area (Å²) in [5, 5.41) is 0. The molecule has 1 fully saturated rings. The van der Waals surface area contributed by atoms with Gasteiger partial charge < -0.3 is 14.3 Å². The summed E-state index contributed by atoms with van der Waals surface area (Å²) >= 11 is 0. The molecule has 0 aromatic rings. The number of carbonyl (C=O) groups excluding carboxylic acids is 4. The molecule has 2 atom stereocenters. The molecule has 1 aliphatic heterocycles. The van der Waals surface area contributed by atoms with Crippen molar-refractivity contribution in [2.45, 2.75) is 26.7 Å². The maximum Gasteiger partial charge on any atom is 0.321 e. The number of methoxy groups -OCH3 is 1. The molecule has 1 saturated heterocycles. The van der Waals surface area contributed by atoms with Crippen LogP contribution in [0.15, 0.2) is 0 Å². The Morgan fingerprint density at radius 2 is 2.18 bits per heavy atom. The lowest BCUT2D eigenvalue weighted by atomic mass is 9.63. The van der Waals surface area contributed by atoms with Crippen molar-refractivity contribution >= 4 is 24.2 Å². The quantitative estimate of drug-likeness (QED) is 0.398. The third-order valence-corrected chi connectivity index (χ3v) is 3.50. The molecule has 0 N–H and O–H groups in total. The van der Waals surface area contributed by atoms with Crippen molar-refractivity contribution in [3.63, 3.8) is 0 Å². The molecule has 6 heteroatoms. The van der Waals surface area contributed by atoms with E-state index in [9.17, 15) is 19.2 Å². The lowest BCUT2D eigenvalue weighted by Gasteiger charge is -2.36. The highest BCUT2D eigenvalue weighted by Crippen LogP contribution is 2.49. The Morgan fingerprint density at radius 3 is 2.53 bits per heavy atom. The van der Waals surface area contributed by atoms with Crippen LogP contribution >= 0.6 is 0 Å². The van der Waals surface area contributed by atoms with Gasteiger partial charge in [0.1, 0.15) is 6.29 Å². The van der Waals surface area contributed by atoms with Gasteiger partial charge in [-0.1, -0.05) is 0 Å². The molecule has 1 rings (SSSR count). The molecule has 0 radical (unpaired) electrons. The van der Waals surface area contributed by atoms with Gasteiger partial charge >= 0.3 is 17.9 Å². The smallest absolute Gasteiger partial charge is 0.321 e. The second kappa shape index (κ2) is 4.27. The minimum Gasteiger partial charge on any atom is -0.469 e. The number of esters is 3. The average molecular weight is 242 g/mol. The summed E-state index contributed by atoms with van der Waals surface area (Å²) in [5.74, 6) is -2.20. The monoisotopic (exact) mass is 242 g/mol. The molecule has 0 bridgehead atoms. The molecule has 6 nitrogen and oxygen atoms in total. The number of aldehydes is 1. The Kier molecular flexibility index (Phi) is 3.35. The number of hydrogen-bond donors (Lipinski definition) is 0. The zero-order chi connectivity index (χ0) is 13.3. The molecule has 2 unspecified atom stereocenters.